The highest BCUT2D eigenvalue weighted by Crippen LogP contribution is 2.15. The molecule has 0 bridgehead atoms. The molecule has 9 heteroatoms. The van der Waals surface area contributed by atoms with Gasteiger partial charge in [0.25, 0.3) is 0 Å². The Morgan fingerprint density at radius 1 is 1.31 bits per heavy atom. The van der Waals surface area contributed by atoms with E-state index in [0.29, 0.717) is 0 Å². The maximum absolute atomic E-state index is 11.4. The maximum atomic E-state index is 11.4. The molecule has 0 aliphatic rings. The average molecular weight is 224 g/mol. The lowest BCUT2D eigenvalue weighted by atomic mass is 10.7. The number of hydrogen-bond acceptors (Lipinski definition) is 5. The van der Waals surface area contributed by atoms with Crippen LogP contribution in [0.4, 0.5) is 13.2 Å². The molecule has 80 valence electrons. The Labute approximate surface area is 72.6 Å². The van der Waals surface area contributed by atoms with E-state index in [2.05, 4.69) is 13.4 Å². The van der Waals surface area contributed by atoms with E-state index in [0.717, 1.165) is 0 Å². The normalized spacial score (nSPS) is 13.2. The number of halogens is 3. The summed E-state index contributed by atoms with van der Waals surface area (Å²) < 4.78 is 62.2. The van der Waals surface area contributed by atoms with Crippen molar-refractivity contribution < 1.29 is 35.0 Å². The van der Waals surface area contributed by atoms with Gasteiger partial charge in [0.15, 0.2) is 6.61 Å². The number of hydrogen-bond donors (Lipinski definition) is 0. The van der Waals surface area contributed by atoms with Gasteiger partial charge < -0.3 is 0 Å². The lowest BCUT2D eigenvalue weighted by Crippen LogP contribution is -2.20. The fourth-order valence-electron chi connectivity index (χ4n) is 0.314. The fourth-order valence-corrected chi connectivity index (χ4v) is 0.808. The summed E-state index contributed by atoms with van der Waals surface area (Å²) in [5.41, 5.74) is 0. The van der Waals surface area contributed by atoms with Gasteiger partial charge in [-0.05, 0) is 6.92 Å². The Hall–Kier alpha value is -0.380. The Morgan fingerprint density at radius 3 is 2.23 bits per heavy atom. The molecule has 0 saturated carbocycles. The van der Waals surface area contributed by atoms with Crippen molar-refractivity contribution in [2.75, 3.05) is 13.2 Å². The van der Waals surface area contributed by atoms with Crippen LogP contribution in [0.5, 0.6) is 0 Å². The van der Waals surface area contributed by atoms with Gasteiger partial charge in [-0.1, -0.05) is 4.33 Å². The first-order chi connectivity index (χ1) is 5.77. The van der Waals surface area contributed by atoms with Crippen molar-refractivity contribution in [3.05, 3.63) is 0 Å². The standard InChI is InChI=1S/C4H7F3O5S/c1-2-11-13(8,9)12-10-3-4(5,6)7/h2-3H2,1H3. The number of alkyl halides is 3. The van der Waals surface area contributed by atoms with E-state index in [4.69, 9.17) is 0 Å². The Bertz CT molecular complexity index is 233. The van der Waals surface area contributed by atoms with Crippen molar-refractivity contribution in [2.45, 2.75) is 13.1 Å². The van der Waals surface area contributed by atoms with Crippen LogP contribution in [0.25, 0.3) is 0 Å². The molecular weight excluding hydrogens is 217 g/mol. The van der Waals surface area contributed by atoms with E-state index >= 15 is 0 Å². The van der Waals surface area contributed by atoms with Crippen molar-refractivity contribution in [1.29, 1.82) is 0 Å². The van der Waals surface area contributed by atoms with E-state index in [1.54, 1.807) is 0 Å². The SMILES string of the molecule is CCOS(=O)(=O)OOCC(F)(F)F. The second-order valence-corrected chi connectivity index (χ2v) is 2.95. The highest BCUT2D eigenvalue weighted by molar-refractivity contribution is 7.81. The highest BCUT2D eigenvalue weighted by atomic mass is 32.3. The first-order valence-electron chi connectivity index (χ1n) is 3.04. The Morgan fingerprint density at radius 2 is 1.85 bits per heavy atom. The van der Waals surface area contributed by atoms with E-state index in [1.807, 2.05) is 0 Å². The minimum absolute atomic E-state index is 0.252. The van der Waals surface area contributed by atoms with Crippen LogP contribution in [-0.2, 0) is 23.8 Å². The first-order valence-corrected chi connectivity index (χ1v) is 4.37. The molecular formula is C4H7F3O5S. The summed E-state index contributed by atoms with van der Waals surface area (Å²) in [6.07, 6.45) is -4.65. The smallest absolute Gasteiger partial charge is 0.247 e. The van der Waals surface area contributed by atoms with Crippen molar-refractivity contribution in [3.8, 4) is 0 Å². The molecule has 0 fully saturated rings. The lowest BCUT2D eigenvalue weighted by Gasteiger charge is -2.05. The molecule has 13 heavy (non-hydrogen) atoms. The molecule has 0 amide bonds. The van der Waals surface area contributed by atoms with Gasteiger partial charge in [0.05, 0.1) is 6.61 Å². The monoisotopic (exact) mass is 224 g/mol. The molecule has 0 heterocycles. The van der Waals surface area contributed by atoms with Crippen LogP contribution in [0.15, 0.2) is 0 Å². The van der Waals surface area contributed by atoms with Crippen LogP contribution in [-0.4, -0.2) is 27.8 Å². The third kappa shape index (κ3) is 7.96. The topological polar surface area (TPSA) is 61.8 Å². The largest absolute Gasteiger partial charge is 0.426 e. The Balaban J connectivity index is 3.77. The van der Waals surface area contributed by atoms with E-state index in [-0.39, 0.29) is 6.61 Å². The zero-order valence-electron chi connectivity index (χ0n) is 6.50. The third-order valence-electron chi connectivity index (χ3n) is 0.616. The molecule has 0 rings (SSSR count). The predicted octanol–water partition coefficient (Wildman–Crippen LogP) is 0.778. The number of rotatable bonds is 5. The molecule has 0 aromatic carbocycles. The van der Waals surface area contributed by atoms with Gasteiger partial charge in [0, 0.05) is 0 Å². The van der Waals surface area contributed by atoms with E-state index < -0.39 is 23.2 Å². The van der Waals surface area contributed by atoms with Gasteiger partial charge in [0.2, 0.25) is 0 Å². The first kappa shape index (κ1) is 12.6. The van der Waals surface area contributed by atoms with Gasteiger partial charge in [-0.25, -0.2) is 9.07 Å². The molecule has 0 aliphatic heterocycles. The van der Waals surface area contributed by atoms with E-state index in [1.165, 1.54) is 6.92 Å². The van der Waals surface area contributed by atoms with Gasteiger partial charge >= 0.3 is 16.6 Å². The second kappa shape index (κ2) is 4.74. The Kier molecular flexibility index (Phi) is 4.61. The third-order valence-corrected chi connectivity index (χ3v) is 1.40. The zero-order valence-corrected chi connectivity index (χ0v) is 7.31. The fraction of sp³-hybridized carbons (Fsp3) is 1.00. The zero-order chi connectivity index (χ0) is 10.5. The predicted molar refractivity (Wildman–Crippen MR) is 33.6 cm³/mol. The van der Waals surface area contributed by atoms with Crippen LogP contribution in [0.1, 0.15) is 6.92 Å². The molecule has 0 aromatic heterocycles. The molecule has 0 N–H and O–H groups in total. The molecule has 0 aromatic rings. The lowest BCUT2D eigenvalue weighted by molar-refractivity contribution is -0.283. The van der Waals surface area contributed by atoms with E-state index in [9.17, 15) is 21.6 Å². The summed E-state index contributed by atoms with van der Waals surface area (Å²) in [5, 5.41) is 0. The molecule has 0 atom stereocenters. The second-order valence-electron chi connectivity index (χ2n) is 1.76. The van der Waals surface area contributed by atoms with Gasteiger partial charge in [-0.3, -0.25) is 0 Å². The van der Waals surface area contributed by atoms with Crippen molar-refractivity contribution in [3.63, 3.8) is 0 Å². The minimum Gasteiger partial charge on any atom is -0.247 e. The van der Waals surface area contributed by atoms with Crippen molar-refractivity contribution >= 4 is 10.4 Å². The van der Waals surface area contributed by atoms with Crippen LogP contribution in [0.3, 0.4) is 0 Å². The van der Waals surface area contributed by atoms with Crippen LogP contribution in [0, 0.1) is 0 Å². The van der Waals surface area contributed by atoms with Crippen LogP contribution in [0.2, 0.25) is 0 Å². The van der Waals surface area contributed by atoms with Gasteiger partial charge in [-0.15, -0.1) is 0 Å². The molecule has 0 radical (unpaired) electrons. The van der Waals surface area contributed by atoms with Gasteiger partial charge in [-0.2, -0.15) is 21.6 Å². The summed E-state index contributed by atoms with van der Waals surface area (Å²) in [7, 11) is -4.48. The van der Waals surface area contributed by atoms with Crippen molar-refractivity contribution in [1.82, 2.24) is 0 Å². The quantitative estimate of drug-likeness (QED) is 0.510. The average Bonchev–Trinajstić information content (AvgIpc) is 1.82. The van der Waals surface area contributed by atoms with Gasteiger partial charge in [0.1, 0.15) is 0 Å². The van der Waals surface area contributed by atoms with Crippen LogP contribution < -0.4 is 0 Å². The minimum atomic E-state index is -4.65. The maximum Gasteiger partial charge on any atom is 0.426 e. The molecule has 0 aliphatic carbocycles. The molecule has 0 unspecified atom stereocenters. The van der Waals surface area contributed by atoms with Crippen LogP contribution >= 0.6 is 0 Å². The summed E-state index contributed by atoms with van der Waals surface area (Å²) in [4.78, 5) is 3.38. The summed E-state index contributed by atoms with van der Waals surface area (Å²) in [6, 6.07) is 0. The summed E-state index contributed by atoms with van der Waals surface area (Å²) >= 11 is 0. The summed E-state index contributed by atoms with van der Waals surface area (Å²) in [6.45, 7) is -0.748. The summed E-state index contributed by atoms with van der Waals surface area (Å²) in [5.74, 6) is 0. The molecule has 5 nitrogen and oxygen atoms in total. The molecule has 0 spiro atoms. The van der Waals surface area contributed by atoms with Crippen molar-refractivity contribution in [2.24, 2.45) is 0 Å². The molecule has 0 saturated heterocycles. The highest BCUT2D eigenvalue weighted by Gasteiger charge is 2.29.